The van der Waals surface area contributed by atoms with E-state index in [9.17, 15) is 53.7 Å². The summed E-state index contributed by atoms with van der Waals surface area (Å²) in [7, 11) is 0. The fourth-order valence-corrected chi connectivity index (χ4v) is 5.23. The van der Waals surface area contributed by atoms with E-state index in [0.717, 1.165) is 10.9 Å². The molecular weight excluding hydrogens is 688 g/mol. The van der Waals surface area contributed by atoms with Gasteiger partial charge in [-0.1, -0.05) is 18.2 Å². The van der Waals surface area contributed by atoms with Gasteiger partial charge in [-0.15, -0.1) is 0 Å². The Balaban J connectivity index is 1.63. The van der Waals surface area contributed by atoms with Gasteiger partial charge >= 0.3 is 11.9 Å². The summed E-state index contributed by atoms with van der Waals surface area (Å²) < 4.78 is 0. The van der Waals surface area contributed by atoms with E-state index in [0.29, 0.717) is 5.56 Å². The number of guanidine groups is 1. The van der Waals surface area contributed by atoms with Crippen molar-refractivity contribution < 1.29 is 53.7 Å². The Bertz CT molecular complexity index is 1690. The number of H-pyrrole nitrogens is 1. The van der Waals surface area contributed by atoms with Gasteiger partial charge in [0.2, 0.25) is 35.4 Å². The number of rotatable bonds is 20. The van der Waals surface area contributed by atoms with Gasteiger partial charge in [-0.05, 0) is 30.9 Å². The summed E-state index contributed by atoms with van der Waals surface area (Å²) in [4.78, 5) is 106. The van der Waals surface area contributed by atoms with E-state index in [1.807, 2.05) is 0 Å². The fraction of sp³-hybridized carbons (Fsp3) is 0.452. The molecule has 14 N–H and O–H groups in total. The van der Waals surface area contributed by atoms with Crippen molar-refractivity contribution in [2.45, 2.75) is 68.7 Å². The molecule has 0 saturated carbocycles. The number of nitrogens with zero attached hydrogens (tertiary/aromatic N) is 1. The lowest BCUT2D eigenvalue weighted by atomic mass is 10.0. The van der Waals surface area contributed by atoms with Crippen LogP contribution in [-0.4, -0.2) is 124 Å². The minimum Gasteiger partial charge on any atom is -0.481 e. The predicted octanol–water partition coefficient (Wildman–Crippen LogP) is -4.35. The standard InChI is InChI=1S/C31H42N10O11/c32-31(33)34-9-3-6-18(39-29(50)22(14-42)41-27(48)19-7-8-23(43)37-19)26(47)36-13-24(44)38-20(11-25(45)46)28(49)40-21(30(51)52)10-15-12-35-17-5-2-1-4-16(15)17/h1-2,4-5,12,18-22,35,42H,3,6-11,13-14H2,(H,36,47)(H,37,43)(H,38,44)(H,39,50)(H,40,49)(H,41,48)(H,45,46)(H,51,52)(H4,32,33,34)/t18-,19-,20-,21-,22-/m0/s1. The largest absolute Gasteiger partial charge is 0.481 e. The summed E-state index contributed by atoms with van der Waals surface area (Å²) in [6.45, 7) is -1.62. The first kappa shape index (κ1) is 40.2. The number of carbonyl (C=O) groups excluding carboxylic acids is 6. The molecule has 1 aliphatic rings. The van der Waals surface area contributed by atoms with E-state index in [-0.39, 0.29) is 50.5 Å². The quantitative estimate of drug-likeness (QED) is 0.0349. The van der Waals surface area contributed by atoms with Gasteiger partial charge in [-0.2, -0.15) is 0 Å². The highest BCUT2D eigenvalue weighted by molar-refractivity contribution is 5.97. The van der Waals surface area contributed by atoms with E-state index in [1.165, 1.54) is 0 Å². The van der Waals surface area contributed by atoms with Crippen LogP contribution in [0.25, 0.3) is 10.9 Å². The smallest absolute Gasteiger partial charge is 0.326 e. The minimum absolute atomic E-state index is 0.0492. The fourth-order valence-electron chi connectivity index (χ4n) is 5.23. The van der Waals surface area contributed by atoms with Crippen LogP contribution in [0.5, 0.6) is 0 Å². The number of para-hydroxylation sites is 1. The number of hydrogen-bond acceptors (Lipinski definition) is 10. The second-order valence-corrected chi connectivity index (χ2v) is 11.8. The highest BCUT2D eigenvalue weighted by atomic mass is 16.4. The van der Waals surface area contributed by atoms with Crippen LogP contribution in [0.4, 0.5) is 0 Å². The van der Waals surface area contributed by atoms with Gasteiger partial charge < -0.3 is 63.7 Å². The maximum Gasteiger partial charge on any atom is 0.326 e. The molecular formula is C31H42N10O11. The van der Waals surface area contributed by atoms with Crippen molar-refractivity contribution in [3.05, 3.63) is 36.0 Å². The zero-order chi connectivity index (χ0) is 38.4. The molecule has 282 valence electrons. The highest BCUT2D eigenvalue weighted by Crippen LogP contribution is 2.19. The van der Waals surface area contributed by atoms with Gasteiger partial charge in [0.15, 0.2) is 5.96 Å². The van der Waals surface area contributed by atoms with Crippen molar-refractivity contribution in [2.75, 3.05) is 19.7 Å². The van der Waals surface area contributed by atoms with E-state index in [4.69, 9.17) is 11.5 Å². The topological polar surface area (TPSA) is 350 Å². The minimum atomic E-state index is -1.74. The number of aliphatic hydroxyl groups excluding tert-OH is 1. The number of nitrogens with one attached hydrogen (secondary N) is 7. The predicted molar refractivity (Wildman–Crippen MR) is 181 cm³/mol. The molecule has 1 aromatic carbocycles. The molecule has 0 spiro atoms. The number of aromatic nitrogens is 1. The van der Waals surface area contributed by atoms with Crippen molar-refractivity contribution in [1.29, 1.82) is 0 Å². The molecule has 1 aromatic heterocycles. The Kier molecular flexibility index (Phi) is 14.9. The van der Waals surface area contributed by atoms with Crippen LogP contribution in [0.1, 0.15) is 37.7 Å². The Labute approximate surface area is 295 Å². The molecule has 2 aromatic rings. The van der Waals surface area contributed by atoms with Gasteiger partial charge in [0.1, 0.15) is 30.2 Å². The van der Waals surface area contributed by atoms with E-state index in [1.54, 1.807) is 30.5 Å². The molecule has 21 heteroatoms. The molecule has 5 atom stereocenters. The highest BCUT2D eigenvalue weighted by Gasteiger charge is 2.33. The second kappa shape index (κ2) is 19.2. The number of nitrogens with two attached hydrogens (primary N) is 2. The number of hydrogen-bond donors (Lipinski definition) is 12. The van der Waals surface area contributed by atoms with Gasteiger partial charge in [-0.3, -0.25) is 38.6 Å². The van der Waals surface area contributed by atoms with E-state index >= 15 is 0 Å². The van der Waals surface area contributed by atoms with Crippen molar-refractivity contribution in [3.8, 4) is 0 Å². The van der Waals surface area contributed by atoms with Crippen LogP contribution >= 0.6 is 0 Å². The number of aliphatic carboxylic acids is 2. The summed E-state index contributed by atoms with van der Waals surface area (Å²) in [6, 6.07) is 0.0561. The van der Waals surface area contributed by atoms with Crippen molar-refractivity contribution in [2.24, 2.45) is 16.5 Å². The average Bonchev–Trinajstić information content (AvgIpc) is 3.72. The maximum atomic E-state index is 13.1. The molecule has 52 heavy (non-hydrogen) atoms. The number of amides is 6. The molecule has 1 saturated heterocycles. The van der Waals surface area contributed by atoms with Crippen molar-refractivity contribution >= 4 is 64.2 Å². The van der Waals surface area contributed by atoms with Crippen LogP contribution < -0.4 is 43.4 Å². The van der Waals surface area contributed by atoms with Crippen molar-refractivity contribution in [3.63, 3.8) is 0 Å². The van der Waals surface area contributed by atoms with Gasteiger partial charge in [0, 0.05) is 36.5 Å². The number of carbonyl (C=O) groups is 8. The van der Waals surface area contributed by atoms with E-state index < -0.39 is 91.3 Å². The average molecular weight is 731 g/mol. The van der Waals surface area contributed by atoms with Crippen LogP contribution in [0.3, 0.4) is 0 Å². The molecule has 0 aliphatic carbocycles. The summed E-state index contributed by atoms with van der Waals surface area (Å²) in [6.07, 6.45) is 0.850. The van der Waals surface area contributed by atoms with Crippen molar-refractivity contribution in [1.82, 2.24) is 36.9 Å². The van der Waals surface area contributed by atoms with E-state index in [2.05, 4.69) is 41.9 Å². The maximum absolute atomic E-state index is 13.1. The summed E-state index contributed by atoms with van der Waals surface area (Å²) in [5.41, 5.74) is 11.9. The lowest BCUT2D eigenvalue weighted by Gasteiger charge is -2.23. The first-order valence-electron chi connectivity index (χ1n) is 16.1. The number of fused-ring (bicyclic) bond motifs is 1. The first-order chi connectivity index (χ1) is 24.7. The zero-order valence-electron chi connectivity index (χ0n) is 27.8. The number of carboxylic acid groups (broad SMARTS) is 2. The second-order valence-electron chi connectivity index (χ2n) is 11.8. The molecule has 0 radical (unpaired) electrons. The first-order valence-corrected chi connectivity index (χ1v) is 16.1. The summed E-state index contributed by atoms with van der Waals surface area (Å²) >= 11 is 0. The zero-order valence-corrected chi connectivity index (χ0v) is 27.8. The molecule has 1 aliphatic heterocycles. The lowest BCUT2D eigenvalue weighted by Crippen LogP contribution is -2.58. The molecule has 6 amide bonds. The monoisotopic (exact) mass is 730 g/mol. The SMILES string of the molecule is NC(N)=NCCC[C@H](NC(=O)[C@H](CO)NC(=O)[C@@H]1CCC(=O)N1)C(=O)NCC(=O)N[C@@H](CC(=O)O)C(=O)N[C@@H](Cc1c[nH]c2ccccc12)C(=O)O. The van der Waals surface area contributed by atoms with Crippen LogP contribution in [0.2, 0.25) is 0 Å². The summed E-state index contributed by atoms with van der Waals surface area (Å²) in [5.74, 6) is -8.21. The number of aromatic amines is 1. The Hall–Kier alpha value is -6.25. The third-order valence-corrected chi connectivity index (χ3v) is 7.87. The Morgan fingerprint density at radius 3 is 2.23 bits per heavy atom. The molecule has 21 nitrogen and oxygen atoms in total. The Morgan fingerprint density at radius 1 is 0.904 bits per heavy atom. The summed E-state index contributed by atoms with van der Waals surface area (Å²) in [5, 5.41) is 43.4. The van der Waals surface area contributed by atoms with Gasteiger partial charge in [0.05, 0.1) is 19.6 Å². The van der Waals surface area contributed by atoms with Crippen LogP contribution in [0, 0.1) is 0 Å². The van der Waals surface area contributed by atoms with Gasteiger partial charge in [-0.25, -0.2) is 4.79 Å². The number of aliphatic hydroxyl groups is 1. The third kappa shape index (κ3) is 12.3. The normalized spacial score (nSPS) is 15.9. The lowest BCUT2D eigenvalue weighted by molar-refractivity contribution is -0.143. The third-order valence-electron chi connectivity index (χ3n) is 7.87. The molecule has 3 rings (SSSR count). The molecule has 0 bridgehead atoms. The molecule has 2 heterocycles. The number of carboxylic acids is 2. The van der Waals surface area contributed by atoms with Crippen LogP contribution in [0.15, 0.2) is 35.5 Å². The molecule has 0 unspecified atom stereocenters. The van der Waals surface area contributed by atoms with Crippen LogP contribution in [-0.2, 0) is 44.8 Å². The number of benzene rings is 1. The Morgan fingerprint density at radius 2 is 1.60 bits per heavy atom. The van der Waals surface area contributed by atoms with Gasteiger partial charge in [0.25, 0.3) is 0 Å². The molecule has 1 fully saturated rings. The number of aliphatic imine (C=N–C) groups is 1.